The zero-order valence-electron chi connectivity index (χ0n) is 24.0. The van der Waals surface area contributed by atoms with E-state index in [2.05, 4.69) is 58.9 Å². The Kier molecular flexibility index (Phi) is 13.1. The monoisotopic (exact) mass is 494 g/mol. The van der Waals surface area contributed by atoms with E-state index in [1.165, 1.54) is 22.3 Å². The Labute approximate surface area is 221 Å². The van der Waals surface area contributed by atoms with Crippen LogP contribution in [0.5, 0.6) is 11.5 Å². The van der Waals surface area contributed by atoms with Crippen molar-refractivity contribution in [2.24, 2.45) is 0 Å². The van der Waals surface area contributed by atoms with E-state index >= 15 is 0 Å². The third-order valence-corrected chi connectivity index (χ3v) is 7.10. The molecule has 0 aliphatic carbocycles. The van der Waals surface area contributed by atoms with Gasteiger partial charge in [0.1, 0.15) is 11.5 Å². The molecule has 0 spiro atoms. The van der Waals surface area contributed by atoms with E-state index in [9.17, 15) is 5.11 Å². The first-order valence-corrected chi connectivity index (χ1v) is 13.9. The molecule has 1 saturated heterocycles. The number of ether oxygens (including phenoxy) is 2. The number of benzene rings is 1. The first kappa shape index (κ1) is 30.0. The first-order chi connectivity index (χ1) is 17.2. The Balaban J connectivity index is 1.88. The van der Waals surface area contributed by atoms with Crippen LogP contribution in [0.1, 0.15) is 109 Å². The molecule has 1 aromatic rings. The molecule has 3 heteroatoms. The fraction of sp³-hybridized carbons (Fsp3) is 0.576. The first-order valence-electron chi connectivity index (χ1n) is 13.9. The molecule has 1 aliphatic rings. The maximum absolute atomic E-state index is 10.4. The van der Waals surface area contributed by atoms with Crippen molar-refractivity contribution in [3.05, 3.63) is 69.4 Å². The summed E-state index contributed by atoms with van der Waals surface area (Å²) in [5.74, 6) is 1.21. The molecule has 0 bridgehead atoms. The standard InChI is InChI=1S/C33H50O3/c1-24(2)13-10-14-25(3)15-11-16-26(4)17-12-18-27(5)20-21-30-23-31(34)28(6)29(7)33(30)36-32-19-8-9-22-35-32/h13,15,17,20,23,32,34H,8-12,14,16,18-19,21-22H2,1-7H3/b25-15+,26-17+,27-20+. The molecule has 0 aromatic heterocycles. The number of hydrogen-bond donors (Lipinski definition) is 1. The Morgan fingerprint density at radius 3 is 2.00 bits per heavy atom. The van der Waals surface area contributed by atoms with Crippen LogP contribution in [0, 0.1) is 13.8 Å². The minimum Gasteiger partial charge on any atom is -0.508 e. The van der Waals surface area contributed by atoms with Gasteiger partial charge in [-0.2, -0.15) is 0 Å². The quantitative estimate of drug-likeness (QED) is 0.277. The summed E-state index contributed by atoms with van der Waals surface area (Å²) in [5, 5.41) is 10.4. The van der Waals surface area contributed by atoms with E-state index in [1.54, 1.807) is 0 Å². The van der Waals surface area contributed by atoms with Gasteiger partial charge in [0.05, 0.1) is 6.61 Å². The second-order valence-electron chi connectivity index (χ2n) is 10.8. The fourth-order valence-electron chi connectivity index (χ4n) is 4.46. The van der Waals surface area contributed by atoms with Crippen molar-refractivity contribution < 1.29 is 14.6 Å². The zero-order chi connectivity index (χ0) is 26.5. The lowest BCUT2D eigenvalue weighted by atomic mass is 9.99. The summed E-state index contributed by atoms with van der Waals surface area (Å²) in [6, 6.07) is 1.86. The fourth-order valence-corrected chi connectivity index (χ4v) is 4.46. The van der Waals surface area contributed by atoms with E-state index < -0.39 is 0 Å². The van der Waals surface area contributed by atoms with Crippen molar-refractivity contribution in [1.29, 1.82) is 0 Å². The van der Waals surface area contributed by atoms with E-state index in [4.69, 9.17) is 9.47 Å². The maximum atomic E-state index is 10.4. The van der Waals surface area contributed by atoms with E-state index in [0.29, 0.717) is 5.75 Å². The minimum absolute atomic E-state index is 0.186. The Hall–Kier alpha value is -2.26. The molecule has 1 atom stereocenters. The topological polar surface area (TPSA) is 38.7 Å². The Bertz CT molecular complexity index is 952. The normalized spacial score (nSPS) is 17.3. The van der Waals surface area contributed by atoms with Gasteiger partial charge in [0.25, 0.3) is 0 Å². The highest BCUT2D eigenvalue weighted by atomic mass is 16.7. The number of phenolic OH excluding ortho intramolecular Hbond substituents is 1. The maximum Gasteiger partial charge on any atom is 0.199 e. The second kappa shape index (κ2) is 15.8. The molecule has 2 rings (SSSR count). The molecular formula is C33H50O3. The molecule has 0 saturated carbocycles. The third-order valence-electron chi connectivity index (χ3n) is 7.10. The molecule has 0 amide bonds. The van der Waals surface area contributed by atoms with Crippen LogP contribution < -0.4 is 4.74 Å². The van der Waals surface area contributed by atoms with Crippen LogP contribution in [0.2, 0.25) is 0 Å². The summed E-state index contributed by atoms with van der Waals surface area (Å²) in [5.41, 5.74) is 8.65. The zero-order valence-corrected chi connectivity index (χ0v) is 24.0. The second-order valence-corrected chi connectivity index (χ2v) is 10.8. The van der Waals surface area contributed by atoms with Gasteiger partial charge >= 0.3 is 0 Å². The van der Waals surface area contributed by atoms with Crippen LogP contribution in [0.25, 0.3) is 0 Å². The van der Waals surface area contributed by atoms with Crippen LogP contribution >= 0.6 is 0 Å². The summed E-state index contributed by atoms with van der Waals surface area (Å²) in [7, 11) is 0. The van der Waals surface area contributed by atoms with Gasteiger partial charge < -0.3 is 14.6 Å². The predicted molar refractivity (Wildman–Crippen MR) is 154 cm³/mol. The van der Waals surface area contributed by atoms with Gasteiger partial charge in [-0.05, 0) is 123 Å². The molecule has 0 radical (unpaired) electrons. The minimum atomic E-state index is -0.186. The highest BCUT2D eigenvalue weighted by Crippen LogP contribution is 2.35. The molecule has 3 nitrogen and oxygen atoms in total. The van der Waals surface area contributed by atoms with Crippen molar-refractivity contribution in [3.63, 3.8) is 0 Å². The predicted octanol–water partition coefficient (Wildman–Crippen LogP) is 9.60. The van der Waals surface area contributed by atoms with Gasteiger partial charge in [-0.3, -0.25) is 0 Å². The number of hydrogen-bond acceptors (Lipinski definition) is 3. The molecule has 1 aromatic carbocycles. The molecule has 1 fully saturated rings. The van der Waals surface area contributed by atoms with Gasteiger partial charge in [0, 0.05) is 12.0 Å². The highest BCUT2D eigenvalue weighted by Gasteiger charge is 2.20. The SMILES string of the molecule is CC(C)=CCC/C(C)=C/CC/C(C)=C/CC/C(C)=C/Cc1cc(O)c(C)c(C)c1OC1CCCCO1. The molecule has 200 valence electrons. The Morgan fingerprint density at radius 2 is 1.44 bits per heavy atom. The van der Waals surface area contributed by atoms with E-state index in [1.807, 2.05) is 19.9 Å². The summed E-state index contributed by atoms with van der Waals surface area (Å²) < 4.78 is 12.1. The molecule has 36 heavy (non-hydrogen) atoms. The Morgan fingerprint density at radius 1 is 0.861 bits per heavy atom. The van der Waals surface area contributed by atoms with Gasteiger partial charge in [-0.15, -0.1) is 0 Å². The van der Waals surface area contributed by atoms with Crippen molar-refractivity contribution in [2.45, 2.75) is 119 Å². The number of allylic oxidation sites excluding steroid dienone is 8. The smallest absolute Gasteiger partial charge is 0.199 e. The molecule has 1 aliphatic heterocycles. The number of rotatable bonds is 13. The summed E-state index contributed by atoms with van der Waals surface area (Å²) in [6.45, 7) is 15.8. The van der Waals surface area contributed by atoms with Gasteiger partial charge in [0.2, 0.25) is 0 Å². The van der Waals surface area contributed by atoms with Gasteiger partial charge in [-0.1, -0.05) is 46.6 Å². The van der Waals surface area contributed by atoms with Crippen LogP contribution in [-0.4, -0.2) is 18.0 Å². The lowest BCUT2D eigenvalue weighted by Gasteiger charge is -2.26. The van der Waals surface area contributed by atoms with E-state index in [-0.39, 0.29) is 6.29 Å². The third kappa shape index (κ3) is 10.8. The van der Waals surface area contributed by atoms with Gasteiger partial charge in [-0.25, -0.2) is 0 Å². The van der Waals surface area contributed by atoms with Gasteiger partial charge in [0.15, 0.2) is 6.29 Å². The molecule has 1 N–H and O–H groups in total. The molecular weight excluding hydrogens is 444 g/mol. The molecule has 1 heterocycles. The molecule has 1 unspecified atom stereocenters. The van der Waals surface area contributed by atoms with E-state index in [0.717, 1.165) is 93.3 Å². The van der Waals surface area contributed by atoms with Crippen LogP contribution in [0.3, 0.4) is 0 Å². The summed E-state index contributed by atoms with van der Waals surface area (Å²) in [4.78, 5) is 0. The highest BCUT2D eigenvalue weighted by molar-refractivity contribution is 5.52. The van der Waals surface area contributed by atoms with Crippen molar-refractivity contribution in [2.75, 3.05) is 6.61 Å². The van der Waals surface area contributed by atoms with Crippen molar-refractivity contribution in [1.82, 2.24) is 0 Å². The lowest BCUT2D eigenvalue weighted by Crippen LogP contribution is -2.25. The average Bonchev–Trinajstić information content (AvgIpc) is 2.83. The number of phenols is 1. The van der Waals surface area contributed by atoms with Crippen LogP contribution in [0.4, 0.5) is 0 Å². The summed E-state index contributed by atoms with van der Waals surface area (Å²) in [6.07, 6.45) is 19.8. The van der Waals surface area contributed by atoms with Crippen molar-refractivity contribution >= 4 is 0 Å². The lowest BCUT2D eigenvalue weighted by molar-refractivity contribution is -0.106. The van der Waals surface area contributed by atoms with Crippen LogP contribution in [-0.2, 0) is 11.2 Å². The number of aromatic hydroxyl groups is 1. The largest absolute Gasteiger partial charge is 0.508 e. The average molecular weight is 495 g/mol. The summed E-state index contributed by atoms with van der Waals surface area (Å²) >= 11 is 0. The van der Waals surface area contributed by atoms with Crippen LogP contribution in [0.15, 0.2) is 52.7 Å². The van der Waals surface area contributed by atoms with Crippen molar-refractivity contribution in [3.8, 4) is 11.5 Å².